The minimum absolute atomic E-state index is 0.148. The van der Waals surface area contributed by atoms with Gasteiger partial charge in [-0.2, -0.15) is 0 Å². The molecule has 0 aliphatic rings. The maximum Gasteiger partial charge on any atom is 0.408 e. The van der Waals surface area contributed by atoms with E-state index in [1.807, 2.05) is 0 Å². The van der Waals surface area contributed by atoms with Gasteiger partial charge in [0.25, 0.3) is 0 Å². The molecule has 0 heterocycles. The summed E-state index contributed by atoms with van der Waals surface area (Å²) in [7, 11) is 1.21. The fourth-order valence-electron chi connectivity index (χ4n) is 1.51. The van der Waals surface area contributed by atoms with Gasteiger partial charge >= 0.3 is 12.1 Å². The van der Waals surface area contributed by atoms with Crippen molar-refractivity contribution in [2.24, 2.45) is 10.7 Å². The number of halogens is 1. The number of nitrogens with zero attached hydrogens (tertiary/aromatic N) is 1. The van der Waals surface area contributed by atoms with E-state index >= 15 is 0 Å². The lowest BCUT2D eigenvalue weighted by Crippen LogP contribution is -2.43. The van der Waals surface area contributed by atoms with Crippen LogP contribution in [0, 0.1) is 0 Å². The van der Waals surface area contributed by atoms with Crippen LogP contribution < -0.4 is 11.1 Å². The number of amidine groups is 1. The number of nitrogens with two attached hydrogens (primary N) is 1. The molecule has 0 bridgehead atoms. The molecule has 8 heteroatoms. The summed E-state index contributed by atoms with van der Waals surface area (Å²) in [4.78, 5) is 27.1. The first-order valence-electron chi connectivity index (χ1n) is 7.23. The van der Waals surface area contributed by atoms with Crippen molar-refractivity contribution in [3.63, 3.8) is 0 Å². The standard InChI is InChI=1S/C15H26FN3O4/c1-10(17)18-9-11(16)7-6-8-12(13(20)22-5)19-14(21)23-15(2,3)4/h7,12H,6,8-9H2,1-5H3,(H2,17,18)(H,19,21). The Hall–Kier alpha value is -2.12. The second-order valence-corrected chi connectivity index (χ2v) is 5.91. The van der Waals surface area contributed by atoms with Crippen molar-refractivity contribution < 1.29 is 23.5 Å². The van der Waals surface area contributed by atoms with Gasteiger partial charge in [0.05, 0.1) is 19.5 Å². The van der Waals surface area contributed by atoms with Crippen molar-refractivity contribution in [2.45, 2.75) is 52.2 Å². The van der Waals surface area contributed by atoms with Gasteiger partial charge in [0.1, 0.15) is 17.5 Å². The molecule has 0 aromatic heterocycles. The van der Waals surface area contributed by atoms with E-state index < -0.39 is 29.5 Å². The van der Waals surface area contributed by atoms with Crippen molar-refractivity contribution in [2.75, 3.05) is 13.7 Å². The van der Waals surface area contributed by atoms with E-state index in [9.17, 15) is 14.0 Å². The monoisotopic (exact) mass is 331 g/mol. The Morgan fingerprint density at radius 2 is 2.00 bits per heavy atom. The number of esters is 1. The van der Waals surface area contributed by atoms with E-state index in [0.29, 0.717) is 0 Å². The Balaban J connectivity index is 4.58. The summed E-state index contributed by atoms with van der Waals surface area (Å²) in [5.74, 6) is -0.802. The predicted octanol–water partition coefficient (Wildman–Crippen LogP) is 2.06. The summed E-state index contributed by atoms with van der Waals surface area (Å²) in [5, 5.41) is 2.41. The Bertz CT molecular complexity index is 466. The minimum Gasteiger partial charge on any atom is -0.467 e. The quantitative estimate of drug-likeness (QED) is 0.422. The number of methoxy groups -OCH3 is 1. The molecule has 7 nitrogen and oxygen atoms in total. The summed E-state index contributed by atoms with van der Waals surface area (Å²) >= 11 is 0. The van der Waals surface area contributed by atoms with Crippen LogP contribution in [0.5, 0.6) is 0 Å². The number of carbonyl (C=O) groups is 2. The van der Waals surface area contributed by atoms with Gasteiger partial charge in [-0.1, -0.05) is 6.08 Å². The van der Waals surface area contributed by atoms with Crippen LogP contribution in [0.25, 0.3) is 0 Å². The van der Waals surface area contributed by atoms with E-state index in [1.165, 1.54) is 13.2 Å². The highest BCUT2D eigenvalue weighted by Gasteiger charge is 2.24. The van der Waals surface area contributed by atoms with Crippen LogP contribution in [-0.4, -0.2) is 43.2 Å². The summed E-state index contributed by atoms with van der Waals surface area (Å²) < 4.78 is 23.1. The summed E-state index contributed by atoms with van der Waals surface area (Å²) in [6, 6.07) is -0.918. The molecule has 1 amide bonds. The molecule has 3 N–H and O–H groups in total. The molecule has 0 aromatic rings. The fraction of sp³-hybridized carbons (Fsp3) is 0.667. The number of nitrogens with one attached hydrogen (secondary N) is 1. The lowest BCUT2D eigenvalue weighted by Gasteiger charge is -2.22. The molecule has 0 aromatic carbocycles. The Morgan fingerprint density at radius 3 is 2.48 bits per heavy atom. The normalized spacial score (nSPS) is 14.2. The number of aliphatic imine (C=N–C) groups is 1. The molecule has 132 valence electrons. The second-order valence-electron chi connectivity index (χ2n) is 5.91. The first-order chi connectivity index (χ1) is 10.5. The van der Waals surface area contributed by atoms with Gasteiger partial charge in [-0.15, -0.1) is 0 Å². The highest BCUT2D eigenvalue weighted by molar-refractivity contribution is 5.81. The average Bonchev–Trinajstić information content (AvgIpc) is 2.41. The molecule has 0 saturated heterocycles. The van der Waals surface area contributed by atoms with Crippen molar-refractivity contribution >= 4 is 17.9 Å². The molecule has 0 radical (unpaired) electrons. The zero-order valence-electron chi connectivity index (χ0n) is 14.3. The molecule has 0 aliphatic carbocycles. The average molecular weight is 331 g/mol. The molecule has 1 unspecified atom stereocenters. The van der Waals surface area contributed by atoms with Gasteiger partial charge in [0, 0.05) is 0 Å². The lowest BCUT2D eigenvalue weighted by atomic mass is 10.1. The molecular weight excluding hydrogens is 305 g/mol. The third-order valence-corrected chi connectivity index (χ3v) is 2.48. The van der Waals surface area contributed by atoms with Crippen molar-refractivity contribution in [3.05, 3.63) is 11.9 Å². The topological polar surface area (TPSA) is 103 Å². The van der Waals surface area contributed by atoms with Crippen LogP contribution in [0.2, 0.25) is 0 Å². The Labute approximate surface area is 136 Å². The Kier molecular flexibility index (Phi) is 8.90. The molecule has 0 saturated carbocycles. The highest BCUT2D eigenvalue weighted by Crippen LogP contribution is 2.09. The zero-order valence-corrected chi connectivity index (χ0v) is 14.3. The van der Waals surface area contributed by atoms with Gasteiger partial charge in [0.2, 0.25) is 0 Å². The van der Waals surface area contributed by atoms with Gasteiger partial charge in [-0.05, 0) is 40.5 Å². The van der Waals surface area contributed by atoms with Crippen LogP contribution in [0.4, 0.5) is 9.18 Å². The van der Waals surface area contributed by atoms with Crippen molar-refractivity contribution in [1.82, 2.24) is 5.32 Å². The Morgan fingerprint density at radius 1 is 1.39 bits per heavy atom. The van der Waals surface area contributed by atoms with Crippen LogP contribution >= 0.6 is 0 Å². The van der Waals surface area contributed by atoms with Gasteiger partial charge < -0.3 is 20.5 Å². The SMILES string of the molecule is COC(=O)C(CCC=C(F)CN=C(C)N)NC(=O)OC(C)(C)C. The van der Waals surface area contributed by atoms with E-state index in [4.69, 9.17) is 10.5 Å². The third kappa shape index (κ3) is 11.1. The number of alkyl carbamates (subject to hydrolysis) is 1. The molecular formula is C15H26FN3O4. The summed E-state index contributed by atoms with van der Waals surface area (Å²) in [6.07, 6.45) is 0.949. The first-order valence-corrected chi connectivity index (χ1v) is 7.23. The molecule has 1 atom stereocenters. The van der Waals surface area contributed by atoms with E-state index in [2.05, 4.69) is 15.0 Å². The maximum absolute atomic E-state index is 13.5. The van der Waals surface area contributed by atoms with Crippen LogP contribution in [-0.2, 0) is 14.3 Å². The van der Waals surface area contributed by atoms with Crippen LogP contribution in [0.15, 0.2) is 16.9 Å². The van der Waals surface area contributed by atoms with Crippen LogP contribution in [0.3, 0.4) is 0 Å². The van der Waals surface area contributed by atoms with Crippen molar-refractivity contribution in [1.29, 1.82) is 0 Å². The molecule has 0 fully saturated rings. The number of carbonyl (C=O) groups excluding carboxylic acids is 2. The fourth-order valence-corrected chi connectivity index (χ4v) is 1.51. The summed E-state index contributed by atoms with van der Waals surface area (Å²) in [6.45, 7) is 6.53. The zero-order chi connectivity index (χ0) is 18.0. The predicted molar refractivity (Wildman–Crippen MR) is 85.8 cm³/mol. The highest BCUT2D eigenvalue weighted by atomic mass is 19.1. The van der Waals surface area contributed by atoms with Crippen LogP contribution in [0.1, 0.15) is 40.5 Å². The number of hydrogen-bond acceptors (Lipinski definition) is 5. The second kappa shape index (κ2) is 9.81. The largest absolute Gasteiger partial charge is 0.467 e. The van der Waals surface area contributed by atoms with E-state index in [1.54, 1.807) is 27.7 Å². The molecule has 23 heavy (non-hydrogen) atoms. The third-order valence-electron chi connectivity index (χ3n) is 2.48. The van der Waals surface area contributed by atoms with Gasteiger partial charge in [0.15, 0.2) is 0 Å². The van der Waals surface area contributed by atoms with Gasteiger partial charge in [-0.25, -0.2) is 14.0 Å². The molecule has 0 rings (SSSR count). The number of hydrogen-bond donors (Lipinski definition) is 2. The van der Waals surface area contributed by atoms with E-state index in [-0.39, 0.29) is 25.2 Å². The lowest BCUT2D eigenvalue weighted by molar-refractivity contribution is -0.143. The molecule has 0 aliphatic heterocycles. The van der Waals surface area contributed by atoms with Gasteiger partial charge in [-0.3, -0.25) is 4.99 Å². The summed E-state index contributed by atoms with van der Waals surface area (Å²) in [5.41, 5.74) is 4.63. The number of rotatable bonds is 7. The molecule has 0 spiro atoms. The minimum atomic E-state index is -0.918. The first kappa shape index (κ1) is 20.9. The number of allylic oxidation sites excluding steroid dienone is 1. The number of amides is 1. The smallest absolute Gasteiger partial charge is 0.408 e. The van der Waals surface area contributed by atoms with E-state index in [0.717, 1.165) is 0 Å². The number of ether oxygens (including phenoxy) is 2. The maximum atomic E-state index is 13.5. The van der Waals surface area contributed by atoms with Crippen molar-refractivity contribution in [3.8, 4) is 0 Å².